The Morgan fingerprint density at radius 3 is 2.07 bits per heavy atom. The first-order valence-corrected chi connectivity index (χ1v) is 12.0. The third-order valence-corrected chi connectivity index (χ3v) is 6.32. The summed E-state index contributed by atoms with van der Waals surface area (Å²) >= 11 is 3.34. The van der Waals surface area contributed by atoms with Crippen molar-refractivity contribution < 1.29 is 13.2 Å². The Morgan fingerprint density at radius 2 is 1.50 bits per heavy atom. The highest BCUT2D eigenvalue weighted by Crippen LogP contribution is 2.24. The largest absolute Gasteiger partial charge is 0.344 e. The highest BCUT2D eigenvalue weighted by atomic mass is 79.9. The molecule has 0 radical (unpaired) electrons. The van der Waals surface area contributed by atoms with Crippen molar-refractivity contribution in [3.63, 3.8) is 0 Å². The SMILES string of the molecule is Cc1ccc([C@@H](NC(=O)CN(c2ccc(Br)cc2)S(C)(=O)=O)c2ccccc2)cc1. The Balaban J connectivity index is 1.87. The lowest BCUT2D eigenvalue weighted by Crippen LogP contribution is -2.41. The number of aryl methyl sites for hydroxylation is 1. The molecule has 3 aromatic rings. The van der Waals surface area contributed by atoms with E-state index < -0.39 is 15.9 Å². The molecule has 0 heterocycles. The minimum atomic E-state index is -3.64. The van der Waals surface area contributed by atoms with Crippen LogP contribution < -0.4 is 9.62 Å². The second-order valence-corrected chi connectivity index (χ2v) is 9.89. The van der Waals surface area contributed by atoms with E-state index in [2.05, 4.69) is 21.2 Å². The molecule has 0 spiro atoms. The van der Waals surface area contributed by atoms with Gasteiger partial charge < -0.3 is 5.32 Å². The predicted molar refractivity (Wildman–Crippen MR) is 124 cm³/mol. The van der Waals surface area contributed by atoms with Gasteiger partial charge in [0, 0.05) is 4.47 Å². The Morgan fingerprint density at radius 1 is 0.933 bits per heavy atom. The Kier molecular flexibility index (Phi) is 6.95. The molecule has 3 rings (SSSR count). The van der Waals surface area contributed by atoms with Gasteiger partial charge in [-0.3, -0.25) is 9.10 Å². The quantitative estimate of drug-likeness (QED) is 0.536. The fourth-order valence-electron chi connectivity index (χ4n) is 3.11. The average Bonchev–Trinajstić information content (AvgIpc) is 2.72. The van der Waals surface area contributed by atoms with E-state index in [9.17, 15) is 13.2 Å². The molecule has 1 atom stereocenters. The van der Waals surface area contributed by atoms with Gasteiger partial charge in [-0.15, -0.1) is 0 Å². The molecule has 1 amide bonds. The van der Waals surface area contributed by atoms with Crippen LogP contribution in [0, 0.1) is 6.92 Å². The van der Waals surface area contributed by atoms with Gasteiger partial charge in [0.05, 0.1) is 18.0 Å². The third kappa shape index (κ3) is 5.70. The summed E-state index contributed by atoms with van der Waals surface area (Å²) in [7, 11) is -3.64. The normalized spacial score (nSPS) is 12.2. The Bertz CT molecular complexity index is 1100. The van der Waals surface area contributed by atoms with Crippen LogP contribution in [0.25, 0.3) is 0 Å². The number of carbonyl (C=O) groups is 1. The van der Waals surface area contributed by atoms with Crippen LogP contribution in [-0.4, -0.2) is 27.1 Å². The second-order valence-electron chi connectivity index (χ2n) is 7.07. The molecule has 0 aliphatic rings. The number of amides is 1. The van der Waals surface area contributed by atoms with Gasteiger partial charge in [-0.25, -0.2) is 8.42 Å². The van der Waals surface area contributed by atoms with E-state index in [0.717, 1.165) is 31.7 Å². The molecular weight excluding hydrogens is 464 g/mol. The van der Waals surface area contributed by atoms with E-state index >= 15 is 0 Å². The maximum absolute atomic E-state index is 12.9. The van der Waals surface area contributed by atoms with Gasteiger partial charge in [-0.1, -0.05) is 76.1 Å². The highest BCUT2D eigenvalue weighted by molar-refractivity contribution is 9.10. The summed E-state index contributed by atoms with van der Waals surface area (Å²) in [6.45, 7) is 1.69. The summed E-state index contributed by atoms with van der Waals surface area (Å²) in [6, 6.07) is 23.9. The summed E-state index contributed by atoms with van der Waals surface area (Å²) in [5, 5.41) is 3.00. The zero-order valence-corrected chi connectivity index (χ0v) is 19.2. The lowest BCUT2D eigenvalue weighted by atomic mass is 9.98. The molecule has 0 unspecified atom stereocenters. The van der Waals surface area contributed by atoms with E-state index in [1.807, 2.05) is 61.5 Å². The summed E-state index contributed by atoms with van der Waals surface area (Å²) < 4.78 is 26.6. The topological polar surface area (TPSA) is 66.5 Å². The molecule has 0 aromatic heterocycles. The van der Waals surface area contributed by atoms with Crippen molar-refractivity contribution in [1.82, 2.24) is 5.32 Å². The number of hydrogen-bond donors (Lipinski definition) is 1. The maximum Gasteiger partial charge on any atom is 0.241 e. The molecule has 5 nitrogen and oxygen atoms in total. The number of nitrogens with zero attached hydrogens (tertiary/aromatic N) is 1. The number of benzene rings is 3. The fraction of sp³-hybridized carbons (Fsp3) is 0.174. The number of hydrogen-bond acceptors (Lipinski definition) is 3. The molecule has 0 aliphatic carbocycles. The summed E-state index contributed by atoms with van der Waals surface area (Å²) in [5.74, 6) is -0.391. The third-order valence-electron chi connectivity index (χ3n) is 4.65. The Hall–Kier alpha value is -2.64. The number of rotatable bonds is 7. The molecule has 0 fully saturated rings. The molecule has 156 valence electrons. The predicted octanol–water partition coefficient (Wildman–Crippen LogP) is 4.43. The van der Waals surface area contributed by atoms with Crippen molar-refractivity contribution in [2.75, 3.05) is 17.1 Å². The van der Waals surface area contributed by atoms with Crippen LogP contribution in [0.1, 0.15) is 22.7 Å². The molecule has 3 aromatic carbocycles. The van der Waals surface area contributed by atoms with Crippen molar-refractivity contribution in [3.8, 4) is 0 Å². The van der Waals surface area contributed by atoms with E-state index in [0.29, 0.717) is 5.69 Å². The van der Waals surface area contributed by atoms with Crippen molar-refractivity contribution in [2.45, 2.75) is 13.0 Å². The molecule has 0 bridgehead atoms. The molecule has 0 aliphatic heterocycles. The second kappa shape index (κ2) is 9.45. The van der Waals surface area contributed by atoms with Crippen LogP contribution in [0.2, 0.25) is 0 Å². The van der Waals surface area contributed by atoms with Crippen LogP contribution in [0.3, 0.4) is 0 Å². The van der Waals surface area contributed by atoms with Crippen molar-refractivity contribution in [3.05, 3.63) is 100 Å². The molecular formula is C23H23BrN2O3S. The maximum atomic E-state index is 12.9. The highest BCUT2D eigenvalue weighted by Gasteiger charge is 2.23. The van der Waals surface area contributed by atoms with Crippen LogP contribution in [0.15, 0.2) is 83.3 Å². The van der Waals surface area contributed by atoms with E-state index in [1.165, 1.54) is 0 Å². The van der Waals surface area contributed by atoms with Gasteiger partial charge in [0.25, 0.3) is 0 Å². The number of carbonyl (C=O) groups excluding carboxylic acids is 1. The monoisotopic (exact) mass is 486 g/mol. The standard InChI is InChI=1S/C23H23BrN2O3S/c1-17-8-10-19(11-9-17)23(18-6-4-3-5-7-18)25-22(27)16-26(30(2,28)29)21-14-12-20(24)13-15-21/h3-15,23H,16H2,1-2H3,(H,25,27)/t23-/m0/s1. The minimum Gasteiger partial charge on any atom is -0.344 e. The minimum absolute atomic E-state index is 0.310. The molecule has 7 heteroatoms. The lowest BCUT2D eigenvalue weighted by Gasteiger charge is -2.25. The summed E-state index contributed by atoms with van der Waals surface area (Å²) in [6.07, 6.45) is 1.09. The first-order chi connectivity index (χ1) is 14.2. The van der Waals surface area contributed by atoms with Gasteiger partial charge >= 0.3 is 0 Å². The smallest absolute Gasteiger partial charge is 0.241 e. The Labute approximate surface area is 185 Å². The first kappa shape index (κ1) is 22.1. The number of halogens is 1. The lowest BCUT2D eigenvalue weighted by molar-refractivity contribution is -0.120. The fourth-order valence-corrected chi connectivity index (χ4v) is 4.23. The van der Waals surface area contributed by atoms with Crippen molar-refractivity contribution in [1.29, 1.82) is 0 Å². The summed E-state index contributed by atoms with van der Waals surface area (Å²) in [4.78, 5) is 12.9. The van der Waals surface area contributed by atoms with Crippen LogP contribution in [0.4, 0.5) is 5.69 Å². The van der Waals surface area contributed by atoms with E-state index in [4.69, 9.17) is 0 Å². The number of sulfonamides is 1. The first-order valence-electron chi connectivity index (χ1n) is 9.38. The summed E-state index contributed by atoms with van der Waals surface area (Å²) in [5.41, 5.74) is 3.40. The van der Waals surface area contributed by atoms with Crippen molar-refractivity contribution in [2.24, 2.45) is 0 Å². The van der Waals surface area contributed by atoms with Crippen molar-refractivity contribution >= 4 is 37.5 Å². The van der Waals surface area contributed by atoms with Crippen LogP contribution in [0.5, 0.6) is 0 Å². The van der Waals surface area contributed by atoms with Gasteiger partial charge in [-0.2, -0.15) is 0 Å². The number of anilines is 1. The molecule has 0 saturated carbocycles. The molecule has 0 saturated heterocycles. The molecule has 1 N–H and O–H groups in total. The number of nitrogens with one attached hydrogen (secondary N) is 1. The van der Waals surface area contributed by atoms with Gasteiger partial charge in [0.1, 0.15) is 6.54 Å². The zero-order valence-electron chi connectivity index (χ0n) is 16.7. The van der Waals surface area contributed by atoms with E-state index in [-0.39, 0.29) is 12.6 Å². The van der Waals surface area contributed by atoms with Gasteiger partial charge in [0.2, 0.25) is 15.9 Å². The zero-order chi connectivity index (χ0) is 21.7. The molecule has 30 heavy (non-hydrogen) atoms. The van der Waals surface area contributed by atoms with Gasteiger partial charge in [0.15, 0.2) is 0 Å². The van der Waals surface area contributed by atoms with E-state index in [1.54, 1.807) is 24.3 Å². The van der Waals surface area contributed by atoms with Gasteiger partial charge in [-0.05, 0) is 42.3 Å². The van der Waals surface area contributed by atoms with Crippen LogP contribution in [-0.2, 0) is 14.8 Å². The average molecular weight is 487 g/mol. The van der Waals surface area contributed by atoms with Crippen LogP contribution >= 0.6 is 15.9 Å².